The summed E-state index contributed by atoms with van der Waals surface area (Å²) in [6.07, 6.45) is 5.93. The molecule has 3 aromatic rings. The highest BCUT2D eigenvalue weighted by Crippen LogP contribution is 2.41. The maximum Gasteiger partial charge on any atom is 0.255 e. The van der Waals surface area contributed by atoms with Gasteiger partial charge >= 0.3 is 0 Å². The van der Waals surface area contributed by atoms with Crippen molar-refractivity contribution in [2.45, 2.75) is 31.9 Å². The number of H-pyrrole nitrogens is 1. The van der Waals surface area contributed by atoms with Gasteiger partial charge < -0.3 is 15.0 Å². The molecule has 27 heavy (non-hydrogen) atoms. The zero-order chi connectivity index (χ0) is 19.0. The van der Waals surface area contributed by atoms with Gasteiger partial charge in [-0.3, -0.25) is 0 Å². The Hall–Kier alpha value is -1.83. The van der Waals surface area contributed by atoms with Gasteiger partial charge in [0.2, 0.25) is 0 Å². The van der Waals surface area contributed by atoms with E-state index < -0.39 is 13.0 Å². The number of alkyl halides is 2. The van der Waals surface area contributed by atoms with Gasteiger partial charge in [0.1, 0.15) is 6.23 Å². The van der Waals surface area contributed by atoms with E-state index in [1.54, 1.807) is 23.1 Å². The molecule has 144 valence electrons. The third kappa shape index (κ3) is 3.63. The lowest BCUT2D eigenvalue weighted by Gasteiger charge is -2.22. The summed E-state index contributed by atoms with van der Waals surface area (Å²) >= 11 is 12.5. The molecular weight excluding hydrogens is 397 g/mol. The molecule has 3 heterocycles. The molecule has 0 bridgehead atoms. The maximum absolute atomic E-state index is 12.7. The highest BCUT2D eigenvalue weighted by atomic mass is 35.5. The Bertz CT molecular complexity index is 950. The second-order valence-corrected chi connectivity index (χ2v) is 7.26. The molecule has 1 atom stereocenters. The second kappa shape index (κ2) is 7.66. The molecule has 9 heteroatoms. The zero-order valence-corrected chi connectivity index (χ0v) is 15.8. The van der Waals surface area contributed by atoms with Crippen LogP contribution >= 0.6 is 23.2 Å². The lowest BCUT2D eigenvalue weighted by atomic mass is 10.1. The van der Waals surface area contributed by atoms with E-state index in [2.05, 4.69) is 15.4 Å². The fraction of sp³-hybridized carbons (Fsp3) is 0.389. The Kier molecular flexibility index (Phi) is 5.25. The van der Waals surface area contributed by atoms with Crippen LogP contribution in [-0.2, 0) is 4.74 Å². The van der Waals surface area contributed by atoms with Crippen LogP contribution in [0.5, 0.6) is 0 Å². The molecule has 0 radical (unpaired) electrons. The van der Waals surface area contributed by atoms with Crippen LogP contribution in [0.15, 0.2) is 24.7 Å². The first-order chi connectivity index (χ1) is 13.0. The number of aromatic nitrogens is 3. The fourth-order valence-corrected chi connectivity index (χ4v) is 3.79. The number of hydrogen-bond donors (Lipinski definition) is 2. The Balaban J connectivity index is 1.75. The van der Waals surface area contributed by atoms with Crippen LogP contribution in [0.1, 0.15) is 25.5 Å². The number of nitrogens with zero attached hydrogens (tertiary/aromatic N) is 2. The third-order valence-electron chi connectivity index (χ3n) is 4.66. The van der Waals surface area contributed by atoms with Crippen molar-refractivity contribution >= 4 is 39.8 Å². The number of rotatable bonds is 5. The maximum atomic E-state index is 12.7. The lowest BCUT2D eigenvalue weighted by Crippen LogP contribution is -2.18. The Morgan fingerprint density at radius 3 is 2.96 bits per heavy atom. The van der Waals surface area contributed by atoms with Crippen LogP contribution in [0.2, 0.25) is 10.0 Å². The molecule has 0 amide bonds. The van der Waals surface area contributed by atoms with Crippen molar-refractivity contribution in [3.05, 3.63) is 34.7 Å². The van der Waals surface area contributed by atoms with E-state index in [1.165, 1.54) is 0 Å². The van der Waals surface area contributed by atoms with Crippen LogP contribution in [0.25, 0.3) is 22.0 Å². The van der Waals surface area contributed by atoms with E-state index in [0.29, 0.717) is 26.6 Å². The lowest BCUT2D eigenvalue weighted by molar-refractivity contribution is -0.0394. The molecular formula is C18H18Cl2F2N4O. The van der Waals surface area contributed by atoms with E-state index in [-0.39, 0.29) is 6.23 Å². The summed E-state index contributed by atoms with van der Waals surface area (Å²) in [6.45, 7) is 0.246. The standard InChI is InChI=1S/C18H18Cl2F2N4O/c19-12-5-13(23-8-14(21)22)16-11(7-24-18(16)17(12)20)10-6-25-26(9-10)15-3-1-2-4-27-15/h5-7,9,14-15,23-24H,1-4,8H2. The number of hydrogen-bond acceptors (Lipinski definition) is 3. The van der Waals surface area contributed by atoms with Crippen molar-refractivity contribution in [2.24, 2.45) is 0 Å². The van der Waals surface area contributed by atoms with Gasteiger partial charge in [-0.05, 0) is 25.3 Å². The van der Waals surface area contributed by atoms with Crippen LogP contribution in [0.3, 0.4) is 0 Å². The topological polar surface area (TPSA) is 54.9 Å². The number of halogens is 4. The van der Waals surface area contributed by atoms with Crippen molar-refractivity contribution in [3.63, 3.8) is 0 Å². The molecule has 0 saturated carbocycles. The van der Waals surface area contributed by atoms with Crippen molar-refractivity contribution in [1.29, 1.82) is 0 Å². The largest absolute Gasteiger partial charge is 0.379 e. The first-order valence-electron chi connectivity index (χ1n) is 8.72. The predicted molar refractivity (Wildman–Crippen MR) is 103 cm³/mol. The first kappa shape index (κ1) is 18.5. The summed E-state index contributed by atoms with van der Waals surface area (Å²) in [5.74, 6) is 0. The second-order valence-electron chi connectivity index (χ2n) is 6.47. The van der Waals surface area contributed by atoms with Gasteiger partial charge in [0.25, 0.3) is 6.43 Å². The summed E-state index contributed by atoms with van der Waals surface area (Å²) in [7, 11) is 0. The predicted octanol–water partition coefficient (Wildman–Crippen LogP) is 5.71. The minimum atomic E-state index is -2.48. The normalized spacial score (nSPS) is 17.7. The molecule has 1 aromatic carbocycles. The van der Waals surface area contributed by atoms with Crippen LogP contribution in [-0.4, -0.2) is 34.3 Å². The van der Waals surface area contributed by atoms with E-state index in [0.717, 1.165) is 37.0 Å². The Labute approximate surface area is 164 Å². The van der Waals surface area contributed by atoms with Crippen molar-refractivity contribution < 1.29 is 13.5 Å². The smallest absolute Gasteiger partial charge is 0.255 e. The van der Waals surface area contributed by atoms with Crippen LogP contribution < -0.4 is 5.32 Å². The minimum absolute atomic E-state index is 0.0767. The minimum Gasteiger partial charge on any atom is -0.379 e. The van der Waals surface area contributed by atoms with E-state index in [1.807, 2.05) is 6.20 Å². The van der Waals surface area contributed by atoms with Gasteiger partial charge in [-0.1, -0.05) is 23.2 Å². The van der Waals surface area contributed by atoms with E-state index >= 15 is 0 Å². The molecule has 1 aliphatic rings. The molecule has 2 N–H and O–H groups in total. The van der Waals surface area contributed by atoms with Gasteiger partial charge in [0.15, 0.2) is 0 Å². The molecule has 1 fully saturated rings. The average molecular weight is 415 g/mol. The van der Waals surface area contributed by atoms with Crippen molar-refractivity contribution in [2.75, 3.05) is 18.5 Å². The van der Waals surface area contributed by atoms with Gasteiger partial charge in [0.05, 0.1) is 28.3 Å². The molecule has 5 nitrogen and oxygen atoms in total. The van der Waals surface area contributed by atoms with Crippen LogP contribution in [0, 0.1) is 0 Å². The SMILES string of the molecule is FC(F)CNc1cc(Cl)c(Cl)c2[nH]cc(-c3cnn(C4CCCCO4)c3)c12. The molecule has 2 aromatic heterocycles. The third-order valence-corrected chi connectivity index (χ3v) is 5.45. The quantitative estimate of drug-likeness (QED) is 0.561. The number of nitrogens with one attached hydrogen (secondary N) is 2. The van der Waals surface area contributed by atoms with E-state index in [9.17, 15) is 8.78 Å². The fourth-order valence-electron chi connectivity index (χ4n) is 3.38. The average Bonchev–Trinajstić information content (AvgIpc) is 3.31. The van der Waals surface area contributed by atoms with Gasteiger partial charge in [-0.2, -0.15) is 5.10 Å². The highest BCUT2D eigenvalue weighted by Gasteiger charge is 2.20. The van der Waals surface area contributed by atoms with Crippen molar-refractivity contribution in [1.82, 2.24) is 14.8 Å². The summed E-state index contributed by atoms with van der Waals surface area (Å²) in [5, 5.41) is 8.53. The Morgan fingerprint density at radius 2 is 2.22 bits per heavy atom. The van der Waals surface area contributed by atoms with Gasteiger partial charge in [0, 0.05) is 41.2 Å². The summed E-state index contributed by atoms with van der Waals surface area (Å²) in [5.41, 5.74) is 2.74. The van der Waals surface area contributed by atoms with Crippen LogP contribution in [0.4, 0.5) is 14.5 Å². The summed E-state index contributed by atoms with van der Waals surface area (Å²) in [6, 6.07) is 1.57. The highest BCUT2D eigenvalue weighted by molar-refractivity contribution is 6.46. The molecule has 1 saturated heterocycles. The number of fused-ring (bicyclic) bond motifs is 1. The zero-order valence-electron chi connectivity index (χ0n) is 14.3. The molecule has 4 rings (SSSR count). The first-order valence-corrected chi connectivity index (χ1v) is 9.47. The molecule has 0 aliphatic carbocycles. The monoisotopic (exact) mass is 414 g/mol. The number of aromatic amines is 1. The number of anilines is 1. The van der Waals surface area contributed by atoms with Gasteiger partial charge in [-0.15, -0.1) is 0 Å². The molecule has 0 spiro atoms. The number of ether oxygens (including phenoxy) is 1. The van der Waals surface area contributed by atoms with E-state index in [4.69, 9.17) is 27.9 Å². The van der Waals surface area contributed by atoms with Crippen molar-refractivity contribution in [3.8, 4) is 11.1 Å². The summed E-state index contributed by atoms with van der Waals surface area (Å²) in [4.78, 5) is 3.10. The Morgan fingerprint density at radius 1 is 1.37 bits per heavy atom. The number of benzene rings is 1. The summed E-state index contributed by atoms with van der Waals surface area (Å²) < 4.78 is 33.0. The molecule has 1 aliphatic heterocycles. The van der Waals surface area contributed by atoms with Gasteiger partial charge in [-0.25, -0.2) is 13.5 Å². The molecule has 1 unspecified atom stereocenters.